The Morgan fingerprint density at radius 2 is 1.89 bits per heavy atom. The molecule has 1 rings (SSSR count). The fourth-order valence-corrected chi connectivity index (χ4v) is 3.09. The summed E-state index contributed by atoms with van der Waals surface area (Å²) in [5.41, 5.74) is 5.54. The smallest absolute Gasteiger partial charge is 0.0767 e. The molecular formula is C16H34N2O. The van der Waals surface area contributed by atoms with Crippen LogP contribution in [-0.2, 0) is 0 Å². The fraction of sp³-hybridized carbons (Fsp3) is 1.00. The van der Waals surface area contributed by atoms with Gasteiger partial charge in [-0.25, -0.2) is 0 Å². The Hall–Kier alpha value is -0.120. The number of nitrogens with zero attached hydrogens (tertiary/aromatic N) is 1. The van der Waals surface area contributed by atoms with Crippen LogP contribution in [0.4, 0.5) is 0 Å². The monoisotopic (exact) mass is 270 g/mol. The Labute approximate surface area is 119 Å². The van der Waals surface area contributed by atoms with Gasteiger partial charge in [0, 0.05) is 12.6 Å². The standard InChI is InChI=1S/C16H34N2O/c1-5-16(19,13-17)9-6-12-18(4)14-7-10-15(2,3)11-8-14/h14,19H,5-13,17H2,1-4H3. The lowest BCUT2D eigenvalue weighted by molar-refractivity contribution is 0.0296. The maximum atomic E-state index is 10.2. The van der Waals surface area contributed by atoms with Gasteiger partial charge in [0.15, 0.2) is 0 Å². The maximum Gasteiger partial charge on any atom is 0.0767 e. The first-order valence-corrected chi connectivity index (χ1v) is 7.94. The van der Waals surface area contributed by atoms with Gasteiger partial charge in [-0.15, -0.1) is 0 Å². The van der Waals surface area contributed by atoms with Gasteiger partial charge in [-0.3, -0.25) is 0 Å². The molecule has 0 saturated heterocycles. The zero-order valence-electron chi connectivity index (χ0n) is 13.4. The van der Waals surface area contributed by atoms with Crippen molar-refractivity contribution in [1.82, 2.24) is 4.90 Å². The van der Waals surface area contributed by atoms with E-state index in [0.29, 0.717) is 12.0 Å². The highest BCUT2D eigenvalue weighted by Crippen LogP contribution is 2.36. The summed E-state index contributed by atoms with van der Waals surface area (Å²) in [4.78, 5) is 2.49. The number of nitrogens with two attached hydrogens (primary N) is 1. The van der Waals surface area contributed by atoms with Gasteiger partial charge in [0.25, 0.3) is 0 Å². The van der Waals surface area contributed by atoms with E-state index in [2.05, 4.69) is 25.8 Å². The van der Waals surface area contributed by atoms with Gasteiger partial charge in [0.1, 0.15) is 0 Å². The summed E-state index contributed by atoms with van der Waals surface area (Å²) in [6.07, 6.45) is 7.93. The predicted molar refractivity (Wildman–Crippen MR) is 82.2 cm³/mol. The van der Waals surface area contributed by atoms with Gasteiger partial charge in [0.05, 0.1) is 5.60 Å². The third-order valence-electron chi connectivity index (χ3n) is 5.12. The lowest BCUT2D eigenvalue weighted by Crippen LogP contribution is -2.40. The number of rotatable bonds is 7. The highest BCUT2D eigenvalue weighted by Gasteiger charge is 2.29. The summed E-state index contributed by atoms with van der Waals surface area (Å²) in [7, 11) is 2.23. The topological polar surface area (TPSA) is 49.5 Å². The highest BCUT2D eigenvalue weighted by molar-refractivity contribution is 4.83. The second-order valence-electron chi connectivity index (χ2n) is 7.26. The molecule has 1 fully saturated rings. The molecule has 0 radical (unpaired) electrons. The van der Waals surface area contributed by atoms with Crippen LogP contribution >= 0.6 is 0 Å². The molecule has 19 heavy (non-hydrogen) atoms. The molecule has 0 amide bonds. The molecule has 0 spiro atoms. The van der Waals surface area contributed by atoms with Crippen LogP contribution in [0.25, 0.3) is 0 Å². The molecule has 0 bridgehead atoms. The van der Waals surface area contributed by atoms with E-state index in [-0.39, 0.29) is 0 Å². The molecular weight excluding hydrogens is 236 g/mol. The van der Waals surface area contributed by atoms with Crippen molar-refractivity contribution >= 4 is 0 Å². The van der Waals surface area contributed by atoms with Crippen molar-refractivity contribution in [3.63, 3.8) is 0 Å². The van der Waals surface area contributed by atoms with Crippen LogP contribution in [0, 0.1) is 5.41 Å². The molecule has 0 aromatic heterocycles. The van der Waals surface area contributed by atoms with Crippen molar-refractivity contribution in [2.75, 3.05) is 20.1 Å². The number of aliphatic hydroxyl groups is 1. The molecule has 114 valence electrons. The van der Waals surface area contributed by atoms with E-state index in [4.69, 9.17) is 5.73 Å². The van der Waals surface area contributed by atoms with Gasteiger partial charge >= 0.3 is 0 Å². The predicted octanol–water partition coefficient (Wildman–Crippen LogP) is 2.77. The van der Waals surface area contributed by atoms with Gasteiger partial charge < -0.3 is 15.7 Å². The molecule has 1 unspecified atom stereocenters. The largest absolute Gasteiger partial charge is 0.389 e. The first kappa shape index (κ1) is 16.9. The first-order valence-electron chi connectivity index (χ1n) is 7.94. The van der Waals surface area contributed by atoms with E-state index in [1.807, 2.05) is 6.92 Å². The Kier molecular flexibility index (Phi) is 6.28. The molecule has 3 nitrogen and oxygen atoms in total. The third kappa shape index (κ3) is 5.41. The van der Waals surface area contributed by atoms with E-state index >= 15 is 0 Å². The molecule has 1 atom stereocenters. The Morgan fingerprint density at radius 1 is 1.32 bits per heavy atom. The summed E-state index contributed by atoms with van der Waals surface area (Å²) in [6.45, 7) is 8.23. The van der Waals surface area contributed by atoms with Crippen LogP contribution < -0.4 is 5.73 Å². The minimum absolute atomic E-state index is 0.380. The zero-order valence-corrected chi connectivity index (χ0v) is 13.4. The van der Waals surface area contributed by atoms with Crippen molar-refractivity contribution in [3.8, 4) is 0 Å². The van der Waals surface area contributed by atoms with Crippen molar-refractivity contribution in [2.24, 2.45) is 11.1 Å². The normalized spacial score (nSPS) is 23.5. The zero-order chi connectivity index (χ0) is 14.5. The second-order valence-corrected chi connectivity index (χ2v) is 7.26. The van der Waals surface area contributed by atoms with Crippen molar-refractivity contribution in [3.05, 3.63) is 0 Å². The summed E-state index contributed by atoms with van der Waals surface area (Å²) in [5.74, 6) is 0. The molecule has 0 heterocycles. The molecule has 0 aromatic carbocycles. The van der Waals surface area contributed by atoms with Gasteiger partial charge in [-0.2, -0.15) is 0 Å². The van der Waals surface area contributed by atoms with Crippen molar-refractivity contribution in [1.29, 1.82) is 0 Å². The van der Waals surface area contributed by atoms with Gasteiger partial charge in [-0.1, -0.05) is 20.8 Å². The minimum Gasteiger partial charge on any atom is -0.389 e. The van der Waals surface area contributed by atoms with Crippen LogP contribution in [0.15, 0.2) is 0 Å². The molecule has 0 aromatic rings. The summed E-state index contributed by atoms with van der Waals surface area (Å²) in [5, 5.41) is 10.2. The van der Waals surface area contributed by atoms with Crippen LogP contribution in [-0.4, -0.2) is 41.8 Å². The third-order valence-corrected chi connectivity index (χ3v) is 5.12. The maximum absolute atomic E-state index is 10.2. The lowest BCUT2D eigenvalue weighted by Gasteiger charge is -2.39. The van der Waals surface area contributed by atoms with Crippen LogP contribution in [0.2, 0.25) is 0 Å². The summed E-state index contributed by atoms with van der Waals surface area (Å²) < 4.78 is 0. The molecule has 0 aliphatic heterocycles. The summed E-state index contributed by atoms with van der Waals surface area (Å²) >= 11 is 0. The van der Waals surface area contributed by atoms with E-state index in [1.54, 1.807) is 0 Å². The van der Waals surface area contributed by atoms with Crippen molar-refractivity contribution < 1.29 is 5.11 Å². The molecule has 1 aliphatic carbocycles. The van der Waals surface area contributed by atoms with E-state index < -0.39 is 5.60 Å². The first-order chi connectivity index (χ1) is 8.82. The highest BCUT2D eigenvalue weighted by atomic mass is 16.3. The van der Waals surface area contributed by atoms with E-state index in [0.717, 1.165) is 31.8 Å². The van der Waals surface area contributed by atoms with Gasteiger partial charge in [0.2, 0.25) is 0 Å². The van der Waals surface area contributed by atoms with Gasteiger partial charge in [-0.05, 0) is 64.0 Å². The number of hydrogen-bond acceptors (Lipinski definition) is 3. The van der Waals surface area contributed by atoms with Crippen LogP contribution in [0.1, 0.15) is 65.7 Å². The molecule has 1 saturated carbocycles. The molecule has 3 heteroatoms. The molecule has 3 N–H and O–H groups in total. The van der Waals surface area contributed by atoms with Crippen molar-refractivity contribution in [2.45, 2.75) is 77.4 Å². The minimum atomic E-state index is -0.643. The number of hydrogen-bond donors (Lipinski definition) is 2. The summed E-state index contributed by atoms with van der Waals surface area (Å²) in [6, 6.07) is 0.737. The second kappa shape index (κ2) is 7.05. The Bertz CT molecular complexity index is 251. The van der Waals surface area contributed by atoms with E-state index in [9.17, 15) is 5.11 Å². The molecule has 1 aliphatic rings. The lowest BCUT2D eigenvalue weighted by atomic mass is 9.75. The SMILES string of the molecule is CCC(O)(CN)CCCN(C)C1CCC(C)(C)CC1. The average Bonchev–Trinajstić information content (AvgIpc) is 2.38. The van der Waals surface area contributed by atoms with E-state index in [1.165, 1.54) is 25.7 Å². The Morgan fingerprint density at radius 3 is 2.37 bits per heavy atom. The Balaban J connectivity index is 2.27. The van der Waals surface area contributed by atoms with Crippen LogP contribution in [0.5, 0.6) is 0 Å². The quantitative estimate of drug-likeness (QED) is 0.748. The average molecular weight is 270 g/mol. The fourth-order valence-electron chi connectivity index (χ4n) is 3.09. The van der Waals surface area contributed by atoms with Crippen LogP contribution in [0.3, 0.4) is 0 Å².